The average Bonchev–Trinajstić information content (AvgIpc) is 3.03. The van der Waals surface area contributed by atoms with Crippen LogP contribution in [-0.2, 0) is 4.74 Å². The van der Waals surface area contributed by atoms with E-state index in [9.17, 15) is 4.79 Å². The summed E-state index contributed by atoms with van der Waals surface area (Å²) in [7, 11) is 0. The minimum Gasteiger partial charge on any atom is -0.444 e. The van der Waals surface area contributed by atoms with Crippen LogP contribution in [0.25, 0.3) is 11.1 Å². The van der Waals surface area contributed by atoms with Crippen molar-refractivity contribution < 1.29 is 9.53 Å². The fourth-order valence-electron chi connectivity index (χ4n) is 3.03. The van der Waals surface area contributed by atoms with Gasteiger partial charge in [0.1, 0.15) is 5.60 Å². The Balaban J connectivity index is 1.61. The lowest BCUT2D eigenvalue weighted by Crippen LogP contribution is -2.36. The summed E-state index contributed by atoms with van der Waals surface area (Å²) in [6.07, 6.45) is 0.698. The van der Waals surface area contributed by atoms with Gasteiger partial charge in [0.15, 0.2) is 0 Å². The predicted molar refractivity (Wildman–Crippen MR) is 102 cm³/mol. The molecule has 1 saturated heterocycles. The van der Waals surface area contributed by atoms with Crippen molar-refractivity contribution in [2.24, 2.45) is 0 Å². The first kappa shape index (κ1) is 17.3. The molecule has 1 atom stereocenters. The highest BCUT2D eigenvalue weighted by Crippen LogP contribution is 2.24. The van der Waals surface area contributed by atoms with Gasteiger partial charge in [-0.1, -0.05) is 42.5 Å². The summed E-state index contributed by atoms with van der Waals surface area (Å²) in [5, 5.41) is 3.55. The summed E-state index contributed by atoms with van der Waals surface area (Å²) in [5.74, 6) is 0. The third-order valence-electron chi connectivity index (χ3n) is 4.18. The fraction of sp³-hybridized carbons (Fsp3) is 0.381. The predicted octanol–water partition coefficient (Wildman–Crippen LogP) is 4.77. The Morgan fingerprint density at radius 1 is 1.08 bits per heavy atom. The molecule has 1 amide bonds. The highest BCUT2D eigenvalue weighted by atomic mass is 16.6. The van der Waals surface area contributed by atoms with Crippen molar-refractivity contribution in [3.8, 4) is 11.1 Å². The van der Waals surface area contributed by atoms with E-state index in [4.69, 9.17) is 4.74 Å². The number of carbonyl (C=O) groups excluding carboxylic acids is 1. The minimum absolute atomic E-state index is 0.227. The molecule has 0 radical (unpaired) electrons. The van der Waals surface area contributed by atoms with Crippen molar-refractivity contribution in [2.75, 3.05) is 18.4 Å². The van der Waals surface area contributed by atoms with Crippen LogP contribution in [0.1, 0.15) is 27.2 Å². The molecular weight excluding hydrogens is 312 g/mol. The third kappa shape index (κ3) is 4.75. The van der Waals surface area contributed by atoms with Gasteiger partial charge in [0.2, 0.25) is 0 Å². The summed E-state index contributed by atoms with van der Waals surface area (Å²) in [6, 6.07) is 19.0. The maximum Gasteiger partial charge on any atom is 0.410 e. The largest absolute Gasteiger partial charge is 0.444 e. The monoisotopic (exact) mass is 338 g/mol. The summed E-state index contributed by atoms with van der Waals surface area (Å²) in [4.78, 5) is 14.0. The second-order valence-corrected chi connectivity index (χ2v) is 7.50. The number of benzene rings is 2. The van der Waals surface area contributed by atoms with Crippen LogP contribution < -0.4 is 5.32 Å². The zero-order valence-corrected chi connectivity index (χ0v) is 15.2. The normalized spacial score (nSPS) is 17.4. The van der Waals surface area contributed by atoms with Gasteiger partial charge >= 0.3 is 6.09 Å². The second-order valence-electron chi connectivity index (χ2n) is 7.50. The van der Waals surface area contributed by atoms with Gasteiger partial charge in [-0.2, -0.15) is 0 Å². The van der Waals surface area contributed by atoms with Gasteiger partial charge in [-0.15, -0.1) is 0 Å². The van der Waals surface area contributed by atoms with Crippen molar-refractivity contribution in [2.45, 2.75) is 38.8 Å². The number of nitrogens with zero attached hydrogens (tertiary/aromatic N) is 1. The summed E-state index contributed by atoms with van der Waals surface area (Å²) >= 11 is 0. The van der Waals surface area contributed by atoms with Crippen molar-refractivity contribution in [1.29, 1.82) is 0 Å². The zero-order valence-electron chi connectivity index (χ0n) is 15.2. The molecule has 1 aliphatic heterocycles. The van der Waals surface area contributed by atoms with Gasteiger partial charge in [-0.3, -0.25) is 0 Å². The number of amides is 1. The van der Waals surface area contributed by atoms with Gasteiger partial charge in [-0.25, -0.2) is 4.79 Å². The Morgan fingerprint density at radius 3 is 2.52 bits per heavy atom. The van der Waals surface area contributed by atoms with Gasteiger partial charge < -0.3 is 15.0 Å². The molecule has 1 fully saturated rings. The first-order chi connectivity index (χ1) is 11.9. The summed E-state index contributed by atoms with van der Waals surface area (Å²) < 4.78 is 5.46. The van der Waals surface area contributed by atoms with Gasteiger partial charge in [0.05, 0.1) is 0 Å². The van der Waals surface area contributed by atoms with Gasteiger partial charge in [-0.05, 0) is 50.5 Å². The summed E-state index contributed by atoms with van der Waals surface area (Å²) in [6.45, 7) is 7.08. The number of hydrogen-bond acceptors (Lipinski definition) is 3. The van der Waals surface area contributed by atoms with E-state index >= 15 is 0 Å². The van der Waals surface area contributed by atoms with Gasteiger partial charge in [0, 0.05) is 24.8 Å². The van der Waals surface area contributed by atoms with Crippen LogP contribution in [-0.4, -0.2) is 35.7 Å². The van der Waals surface area contributed by atoms with Crippen LogP contribution in [0.3, 0.4) is 0 Å². The molecule has 132 valence electrons. The standard InChI is InChI=1S/C21H26N2O2/c1-21(2,3)25-20(24)23-13-12-19(15-23)22-18-11-7-10-17(14-18)16-8-5-4-6-9-16/h4-11,14,19,22H,12-13,15H2,1-3H3. The fourth-order valence-corrected chi connectivity index (χ4v) is 3.03. The van der Waals surface area contributed by atoms with E-state index < -0.39 is 5.60 Å². The van der Waals surface area contributed by atoms with Crippen LogP contribution >= 0.6 is 0 Å². The first-order valence-corrected chi connectivity index (χ1v) is 8.81. The van der Waals surface area contributed by atoms with Crippen molar-refractivity contribution in [1.82, 2.24) is 4.90 Å². The molecular formula is C21H26N2O2. The molecule has 0 spiro atoms. The van der Waals surface area contributed by atoms with Crippen molar-refractivity contribution in [3.05, 3.63) is 54.6 Å². The maximum atomic E-state index is 12.2. The Labute approximate surface area is 149 Å². The lowest BCUT2D eigenvalue weighted by Gasteiger charge is -2.24. The number of rotatable bonds is 3. The molecule has 1 heterocycles. The molecule has 2 aromatic rings. The Kier molecular flexibility index (Phi) is 4.98. The van der Waals surface area contributed by atoms with E-state index in [0.717, 1.165) is 18.7 Å². The maximum absolute atomic E-state index is 12.2. The topological polar surface area (TPSA) is 41.6 Å². The lowest BCUT2D eigenvalue weighted by molar-refractivity contribution is 0.0293. The van der Waals surface area contributed by atoms with Crippen LogP contribution in [0.15, 0.2) is 54.6 Å². The van der Waals surface area contributed by atoms with Gasteiger partial charge in [0.25, 0.3) is 0 Å². The third-order valence-corrected chi connectivity index (χ3v) is 4.18. The van der Waals surface area contributed by atoms with Crippen LogP contribution in [0.4, 0.5) is 10.5 Å². The number of hydrogen-bond donors (Lipinski definition) is 1. The average molecular weight is 338 g/mol. The molecule has 0 aliphatic carbocycles. The highest BCUT2D eigenvalue weighted by molar-refractivity contribution is 5.70. The number of likely N-dealkylation sites (tertiary alicyclic amines) is 1. The van der Waals surface area contributed by atoms with Crippen molar-refractivity contribution in [3.63, 3.8) is 0 Å². The number of anilines is 1. The van der Waals surface area contributed by atoms with Crippen molar-refractivity contribution >= 4 is 11.8 Å². The zero-order chi connectivity index (χ0) is 17.9. The number of carbonyl (C=O) groups is 1. The SMILES string of the molecule is CC(C)(C)OC(=O)N1CCC(Nc2cccc(-c3ccccc3)c2)C1. The summed E-state index contributed by atoms with van der Waals surface area (Å²) in [5.41, 5.74) is 3.02. The first-order valence-electron chi connectivity index (χ1n) is 8.81. The molecule has 25 heavy (non-hydrogen) atoms. The van der Waals surface area contributed by atoms with E-state index in [-0.39, 0.29) is 12.1 Å². The van der Waals surface area contributed by atoms with Crippen LogP contribution in [0, 0.1) is 0 Å². The molecule has 1 aliphatic rings. The quantitative estimate of drug-likeness (QED) is 0.876. The molecule has 0 bridgehead atoms. The van der Waals surface area contributed by atoms with E-state index in [1.807, 2.05) is 39.0 Å². The molecule has 0 saturated carbocycles. The molecule has 1 unspecified atom stereocenters. The smallest absolute Gasteiger partial charge is 0.410 e. The number of ether oxygens (including phenoxy) is 1. The Hall–Kier alpha value is -2.49. The highest BCUT2D eigenvalue weighted by Gasteiger charge is 2.29. The van der Waals surface area contributed by atoms with Crippen LogP contribution in [0.2, 0.25) is 0 Å². The second kappa shape index (κ2) is 7.18. The number of nitrogens with one attached hydrogen (secondary N) is 1. The lowest BCUT2D eigenvalue weighted by atomic mass is 10.1. The molecule has 0 aromatic heterocycles. The Bertz CT molecular complexity index is 722. The molecule has 4 nitrogen and oxygen atoms in total. The Morgan fingerprint density at radius 2 is 1.80 bits per heavy atom. The minimum atomic E-state index is -0.452. The van der Waals surface area contributed by atoms with E-state index in [0.29, 0.717) is 6.54 Å². The van der Waals surface area contributed by atoms with E-state index in [1.54, 1.807) is 4.90 Å². The van der Waals surface area contributed by atoms with Crippen LogP contribution in [0.5, 0.6) is 0 Å². The molecule has 4 heteroatoms. The molecule has 2 aromatic carbocycles. The van der Waals surface area contributed by atoms with E-state index in [2.05, 4.69) is 41.7 Å². The molecule has 1 N–H and O–H groups in total. The molecule has 3 rings (SSSR count). The van der Waals surface area contributed by atoms with E-state index in [1.165, 1.54) is 11.1 Å².